The number of Topliss-reactive ketones (excluding diaryl/α,β-unsaturated/α-hetero) is 2. The van der Waals surface area contributed by atoms with Gasteiger partial charge in [0.25, 0.3) is 0 Å². The van der Waals surface area contributed by atoms with Gasteiger partial charge in [-0.2, -0.15) is 0 Å². The monoisotopic (exact) mass is 1020 g/mol. The van der Waals surface area contributed by atoms with Crippen LogP contribution in [0.1, 0.15) is 127 Å². The van der Waals surface area contributed by atoms with Crippen LogP contribution >= 0.6 is 0 Å². The van der Waals surface area contributed by atoms with Gasteiger partial charge in [-0.25, -0.2) is 0 Å². The molecule has 2 heterocycles. The average Bonchev–Trinajstić information content (AvgIpc) is 3.98. The second-order valence-corrected chi connectivity index (χ2v) is 22.9. The number of hydrogen-bond acceptors (Lipinski definition) is 10. The zero-order valence-electron chi connectivity index (χ0n) is 45.7. The molecule has 0 bridgehead atoms. The summed E-state index contributed by atoms with van der Waals surface area (Å²) in [6.45, 7) is 18.5. The van der Waals surface area contributed by atoms with Crippen molar-refractivity contribution >= 4 is 47.0 Å². The first-order chi connectivity index (χ1) is 34.8. The summed E-state index contributed by atoms with van der Waals surface area (Å²) >= 11 is 0. The van der Waals surface area contributed by atoms with Crippen molar-refractivity contribution < 1.29 is 38.4 Å². The topological polar surface area (TPSA) is 215 Å². The predicted molar refractivity (Wildman–Crippen MR) is 287 cm³/mol. The standard InChI is InChI=1S/C58H82N8O8/c1-35(26-39-20-15-13-16-21-39)61-53(71)45-28-41(33-65(45)55(73)49(57(5,6)7)63-51(69)37(3)59-11)30-47(67)43-24-19-25-44(32-43)48(68)31-42-29-46(54(72)62-36(2)27-40-22-17-14-18-23-40)66(34-42)56(74)50(58(8,9)10)64-52(70)38(4)60-12/h13-25,32,35-38,41-42,45-46,49-50,59-60H,26-31,33-34H2,1-12H3,(H,61,71)(H,62,72)(H,63,69)(H,64,70)/t35?,36?,37-,38-,41+,42+,45-,46-,49+,50+/m0/s1. The minimum atomic E-state index is -0.967. The number of amides is 6. The summed E-state index contributed by atoms with van der Waals surface area (Å²) in [5.41, 5.74) is 1.24. The van der Waals surface area contributed by atoms with Gasteiger partial charge in [-0.3, -0.25) is 38.4 Å². The summed E-state index contributed by atoms with van der Waals surface area (Å²) in [7, 11) is 3.31. The zero-order chi connectivity index (χ0) is 54.7. The Morgan fingerprint density at radius 2 is 0.865 bits per heavy atom. The average molecular weight is 1020 g/mol. The fraction of sp³-hybridized carbons (Fsp3) is 0.552. The lowest BCUT2D eigenvalue weighted by atomic mass is 9.85. The molecule has 16 nitrogen and oxygen atoms in total. The molecule has 2 saturated heterocycles. The molecule has 2 unspecified atom stereocenters. The Morgan fingerprint density at radius 1 is 0.514 bits per heavy atom. The van der Waals surface area contributed by atoms with Crippen molar-refractivity contribution in [1.82, 2.24) is 41.7 Å². The Bertz CT molecular complexity index is 2290. The summed E-state index contributed by atoms with van der Waals surface area (Å²) in [4.78, 5) is 115. The largest absolute Gasteiger partial charge is 0.352 e. The molecular formula is C58H82N8O8. The maximum Gasteiger partial charge on any atom is 0.246 e. The first-order valence-corrected chi connectivity index (χ1v) is 26.2. The first kappa shape index (κ1) is 58.6. The van der Waals surface area contributed by atoms with E-state index in [-0.39, 0.29) is 86.1 Å². The van der Waals surface area contributed by atoms with Gasteiger partial charge in [-0.05, 0) is 107 Å². The van der Waals surface area contributed by atoms with E-state index in [0.29, 0.717) is 24.0 Å². The smallest absolute Gasteiger partial charge is 0.246 e. The van der Waals surface area contributed by atoms with E-state index < -0.39 is 70.7 Å². The van der Waals surface area contributed by atoms with Crippen LogP contribution in [0.25, 0.3) is 0 Å². The van der Waals surface area contributed by atoms with Crippen LogP contribution in [0.5, 0.6) is 0 Å². The van der Waals surface area contributed by atoms with Crippen molar-refractivity contribution in [3.8, 4) is 0 Å². The van der Waals surface area contributed by atoms with Crippen LogP contribution in [0, 0.1) is 22.7 Å². The lowest BCUT2D eigenvalue weighted by Gasteiger charge is -2.36. The van der Waals surface area contributed by atoms with Crippen molar-refractivity contribution in [3.63, 3.8) is 0 Å². The van der Waals surface area contributed by atoms with Gasteiger partial charge in [0.2, 0.25) is 35.4 Å². The van der Waals surface area contributed by atoms with Crippen LogP contribution in [-0.2, 0) is 41.6 Å². The molecule has 0 saturated carbocycles. The van der Waals surface area contributed by atoms with E-state index in [1.807, 2.05) is 116 Å². The van der Waals surface area contributed by atoms with Crippen LogP contribution in [0.2, 0.25) is 0 Å². The molecule has 2 fully saturated rings. The minimum Gasteiger partial charge on any atom is -0.352 e. The number of likely N-dealkylation sites (tertiary alicyclic amines) is 2. The molecule has 3 aromatic rings. The SMILES string of the molecule is CN[C@@H](C)C(=O)N[C@H](C(=O)N1C[C@@H](CC(=O)c2cccc(C(=O)C[C@H]3C[C@@H](C(=O)NC(C)Cc4ccccc4)N(C(=O)[C@@H](NC(=O)[C@H](C)NC)C(C)(C)C)C3)c2)C[C@H]1C(=O)NC(C)Cc1ccccc1)C(C)(C)C. The van der Waals surface area contributed by atoms with Crippen molar-refractivity contribution in [3.05, 3.63) is 107 Å². The molecule has 6 N–H and O–H groups in total. The molecule has 0 aliphatic carbocycles. The van der Waals surface area contributed by atoms with Crippen LogP contribution in [0.3, 0.4) is 0 Å². The number of carbonyl (C=O) groups excluding carboxylic acids is 8. The summed E-state index contributed by atoms with van der Waals surface area (Å²) in [6, 6.07) is 20.6. The summed E-state index contributed by atoms with van der Waals surface area (Å²) in [5, 5.41) is 17.9. The van der Waals surface area contributed by atoms with Crippen LogP contribution in [0.15, 0.2) is 84.9 Å². The van der Waals surface area contributed by atoms with Crippen molar-refractivity contribution in [1.29, 1.82) is 0 Å². The lowest BCUT2D eigenvalue weighted by molar-refractivity contribution is -0.144. The molecule has 0 aromatic heterocycles. The Hall–Kier alpha value is -6.26. The fourth-order valence-electron chi connectivity index (χ4n) is 9.89. The Kier molecular flexibility index (Phi) is 20.4. The Balaban J connectivity index is 1.34. The van der Waals surface area contributed by atoms with E-state index in [9.17, 15) is 38.4 Å². The molecule has 2 aliphatic rings. The second kappa shape index (κ2) is 25.8. The van der Waals surface area contributed by atoms with Crippen LogP contribution < -0.4 is 31.9 Å². The van der Waals surface area contributed by atoms with Crippen molar-refractivity contribution in [2.75, 3.05) is 27.2 Å². The normalized spacial score (nSPS) is 20.3. The minimum absolute atomic E-state index is 0.00807. The van der Waals surface area contributed by atoms with Gasteiger partial charge in [0.05, 0.1) is 12.1 Å². The highest BCUT2D eigenvalue weighted by Gasteiger charge is 2.47. The molecular weight excluding hydrogens is 937 g/mol. The lowest BCUT2D eigenvalue weighted by Crippen LogP contribution is -2.59. The van der Waals surface area contributed by atoms with Gasteiger partial charge in [0.1, 0.15) is 24.2 Å². The molecule has 3 aromatic carbocycles. The van der Waals surface area contributed by atoms with E-state index in [2.05, 4.69) is 31.9 Å². The fourth-order valence-corrected chi connectivity index (χ4v) is 9.89. The van der Waals surface area contributed by atoms with Gasteiger partial charge in [0, 0.05) is 49.1 Å². The molecule has 74 heavy (non-hydrogen) atoms. The van der Waals surface area contributed by atoms with E-state index in [1.54, 1.807) is 52.2 Å². The van der Waals surface area contributed by atoms with Gasteiger partial charge >= 0.3 is 0 Å². The predicted octanol–water partition coefficient (Wildman–Crippen LogP) is 5.04. The van der Waals surface area contributed by atoms with Crippen LogP contribution in [-0.4, -0.2) is 132 Å². The number of nitrogens with one attached hydrogen (secondary N) is 6. The molecule has 402 valence electrons. The number of rotatable bonds is 22. The number of hydrogen-bond donors (Lipinski definition) is 6. The molecule has 0 spiro atoms. The maximum atomic E-state index is 14.6. The maximum absolute atomic E-state index is 14.6. The molecule has 2 aliphatic heterocycles. The number of benzene rings is 3. The summed E-state index contributed by atoms with van der Waals surface area (Å²) in [5.74, 6) is -3.59. The Labute approximate surface area is 438 Å². The molecule has 6 amide bonds. The van der Waals surface area contributed by atoms with Gasteiger partial charge in [-0.1, -0.05) is 120 Å². The zero-order valence-corrected chi connectivity index (χ0v) is 45.7. The Morgan fingerprint density at radius 3 is 1.19 bits per heavy atom. The third kappa shape index (κ3) is 15.9. The number of carbonyl (C=O) groups is 8. The highest BCUT2D eigenvalue weighted by Crippen LogP contribution is 2.34. The third-order valence-electron chi connectivity index (χ3n) is 14.4. The highest BCUT2D eigenvalue weighted by atomic mass is 16.2. The number of nitrogens with zero attached hydrogens (tertiary/aromatic N) is 2. The summed E-state index contributed by atoms with van der Waals surface area (Å²) < 4.78 is 0. The second-order valence-electron chi connectivity index (χ2n) is 22.9. The summed E-state index contributed by atoms with van der Waals surface area (Å²) in [6.07, 6.45) is 1.55. The molecule has 0 radical (unpaired) electrons. The third-order valence-corrected chi connectivity index (χ3v) is 14.4. The van der Waals surface area contributed by atoms with Gasteiger partial charge in [0.15, 0.2) is 11.6 Å². The molecule has 5 rings (SSSR count). The van der Waals surface area contributed by atoms with E-state index in [4.69, 9.17) is 0 Å². The van der Waals surface area contributed by atoms with Gasteiger partial charge in [-0.15, -0.1) is 0 Å². The van der Waals surface area contributed by atoms with Crippen molar-refractivity contribution in [2.45, 2.75) is 156 Å². The van der Waals surface area contributed by atoms with E-state index in [1.165, 1.54) is 9.80 Å². The molecule has 16 heteroatoms. The number of likely N-dealkylation sites (N-methyl/N-ethyl adjacent to an activating group) is 2. The van der Waals surface area contributed by atoms with E-state index in [0.717, 1.165) is 11.1 Å². The van der Waals surface area contributed by atoms with Crippen LogP contribution in [0.4, 0.5) is 0 Å². The first-order valence-electron chi connectivity index (χ1n) is 26.2. The van der Waals surface area contributed by atoms with E-state index >= 15 is 0 Å². The molecule has 10 atom stereocenters. The van der Waals surface area contributed by atoms with Gasteiger partial charge < -0.3 is 41.7 Å². The number of ketones is 2. The van der Waals surface area contributed by atoms with Crippen molar-refractivity contribution in [2.24, 2.45) is 22.7 Å². The highest BCUT2D eigenvalue weighted by molar-refractivity contribution is 6.02. The quantitative estimate of drug-likeness (QED) is 0.0738.